The Morgan fingerprint density at radius 1 is 1.00 bits per heavy atom. The molecule has 0 radical (unpaired) electrons. The van der Waals surface area contributed by atoms with Crippen molar-refractivity contribution in [2.24, 2.45) is 0 Å². The summed E-state index contributed by atoms with van der Waals surface area (Å²) >= 11 is 0. The number of nitrogens with one attached hydrogen (secondary N) is 2. The Bertz CT molecular complexity index is 1100. The van der Waals surface area contributed by atoms with Crippen molar-refractivity contribution < 1.29 is 0 Å². The van der Waals surface area contributed by atoms with Crippen LogP contribution in [0.2, 0.25) is 0 Å². The SMILES string of the molecule is CCc1ccc(CNc2cc(-c3ccccc3C)nc3c(NC)cnn23)cc1. The minimum atomic E-state index is 0.727. The molecule has 0 aliphatic heterocycles. The molecule has 2 aromatic heterocycles. The first-order valence-corrected chi connectivity index (χ1v) is 9.64. The molecule has 0 saturated carbocycles. The zero-order valence-corrected chi connectivity index (χ0v) is 16.5. The van der Waals surface area contributed by atoms with Gasteiger partial charge in [-0.3, -0.25) is 0 Å². The third kappa shape index (κ3) is 3.43. The van der Waals surface area contributed by atoms with Crippen LogP contribution in [0, 0.1) is 6.92 Å². The van der Waals surface area contributed by atoms with E-state index in [1.807, 2.05) is 29.9 Å². The Kier molecular flexibility index (Phi) is 4.98. The molecule has 2 heterocycles. The Morgan fingerprint density at radius 2 is 1.75 bits per heavy atom. The Hall–Kier alpha value is -3.34. The summed E-state index contributed by atoms with van der Waals surface area (Å²) in [7, 11) is 1.89. The Morgan fingerprint density at radius 3 is 2.46 bits per heavy atom. The highest BCUT2D eigenvalue weighted by Crippen LogP contribution is 2.27. The highest BCUT2D eigenvalue weighted by atomic mass is 15.3. The summed E-state index contributed by atoms with van der Waals surface area (Å²) in [5.41, 5.74) is 7.57. The van der Waals surface area contributed by atoms with Gasteiger partial charge in [0.15, 0.2) is 5.65 Å². The van der Waals surface area contributed by atoms with Crippen LogP contribution < -0.4 is 10.6 Å². The third-order valence-electron chi connectivity index (χ3n) is 5.07. The molecule has 0 unspecified atom stereocenters. The number of hydrogen-bond donors (Lipinski definition) is 2. The van der Waals surface area contributed by atoms with E-state index >= 15 is 0 Å². The molecule has 0 fully saturated rings. The van der Waals surface area contributed by atoms with E-state index in [0.29, 0.717) is 0 Å². The van der Waals surface area contributed by atoms with Gasteiger partial charge >= 0.3 is 0 Å². The van der Waals surface area contributed by atoms with E-state index < -0.39 is 0 Å². The van der Waals surface area contributed by atoms with Crippen molar-refractivity contribution in [3.8, 4) is 11.3 Å². The summed E-state index contributed by atoms with van der Waals surface area (Å²) in [5.74, 6) is 0.921. The summed E-state index contributed by atoms with van der Waals surface area (Å²) in [6.45, 7) is 5.01. The van der Waals surface area contributed by atoms with Crippen LogP contribution >= 0.6 is 0 Å². The van der Waals surface area contributed by atoms with E-state index in [1.165, 1.54) is 16.7 Å². The monoisotopic (exact) mass is 371 g/mol. The number of rotatable bonds is 6. The molecule has 0 spiro atoms. The van der Waals surface area contributed by atoms with E-state index in [9.17, 15) is 0 Å². The molecule has 0 aliphatic carbocycles. The molecule has 0 aliphatic rings. The fourth-order valence-electron chi connectivity index (χ4n) is 3.35. The molecule has 28 heavy (non-hydrogen) atoms. The fraction of sp³-hybridized carbons (Fsp3) is 0.217. The van der Waals surface area contributed by atoms with Crippen molar-refractivity contribution in [1.29, 1.82) is 0 Å². The lowest BCUT2D eigenvalue weighted by atomic mass is 10.1. The maximum atomic E-state index is 4.87. The quantitative estimate of drug-likeness (QED) is 0.505. The van der Waals surface area contributed by atoms with Crippen LogP contribution in [0.3, 0.4) is 0 Å². The molecule has 0 bridgehead atoms. The highest BCUT2D eigenvalue weighted by Gasteiger charge is 2.13. The molecular weight excluding hydrogens is 346 g/mol. The summed E-state index contributed by atoms with van der Waals surface area (Å²) < 4.78 is 1.86. The third-order valence-corrected chi connectivity index (χ3v) is 5.07. The van der Waals surface area contributed by atoms with Crippen LogP contribution in [0.25, 0.3) is 16.9 Å². The maximum Gasteiger partial charge on any atom is 0.181 e. The van der Waals surface area contributed by atoms with Gasteiger partial charge in [0.05, 0.1) is 17.6 Å². The van der Waals surface area contributed by atoms with E-state index in [-0.39, 0.29) is 0 Å². The lowest BCUT2D eigenvalue weighted by Gasteiger charge is -2.12. The van der Waals surface area contributed by atoms with E-state index in [4.69, 9.17) is 4.98 Å². The topological polar surface area (TPSA) is 54.2 Å². The normalized spacial score (nSPS) is 11.0. The van der Waals surface area contributed by atoms with Crippen molar-refractivity contribution in [2.75, 3.05) is 17.7 Å². The van der Waals surface area contributed by atoms with Crippen LogP contribution in [0.5, 0.6) is 0 Å². The van der Waals surface area contributed by atoms with E-state index in [2.05, 4.69) is 72.0 Å². The van der Waals surface area contributed by atoms with Gasteiger partial charge in [-0.2, -0.15) is 9.61 Å². The second-order valence-corrected chi connectivity index (χ2v) is 6.91. The number of hydrogen-bond acceptors (Lipinski definition) is 4. The summed E-state index contributed by atoms with van der Waals surface area (Å²) in [4.78, 5) is 4.87. The minimum absolute atomic E-state index is 0.727. The smallest absolute Gasteiger partial charge is 0.181 e. The van der Waals surface area contributed by atoms with E-state index in [0.717, 1.165) is 41.4 Å². The molecular formula is C23H25N5. The van der Waals surface area contributed by atoms with Crippen molar-refractivity contribution >= 4 is 17.2 Å². The zero-order chi connectivity index (χ0) is 19.5. The van der Waals surface area contributed by atoms with Crippen molar-refractivity contribution in [2.45, 2.75) is 26.8 Å². The number of nitrogens with zero attached hydrogens (tertiary/aromatic N) is 3. The minimum Gasteiger partial charge on any atom is -0.384 e. The number of aromatic nitrogens is 3. The van der Waals surface area contributed by atoms with Crippen LogP contribution in [0.4, 0.5) is 11.5 Å². The molecule has 4 aromatic rings. The molecule has 0 saturated heterocycles. The molecule has 0 atom stereocenters. The van der Waals surface area contributed by atoms with Gasteiger partial charge in [0.1, 0.15) is 5.82 Å². The first-order chi connectivity index (χ1) is 13.7. The van der Waals surface area contributed by atoms with Gasteiger partial charge in [-0.25, -0.2) is 4.98 Å². The van der Waals surface area contributed by atoms with Gasteiger partial charge in [0.2, 0.25) is 0 Å². The van der Waals surface area contributed by atoms with Gasteiger partial charge in [-0.1, -0.05) is 55.5 Å². The summed E-state index contributed by atoms with van der Waals surface area (Å²) in [6.07, 6.45) is 2.86. The van der Waals surface area contributed by atoms with Crippen molar-refractivity contribution in [3.63, 3.8) is 0 Å². The molecule has 2 N–H and O–H groups in total. The number of fused-ring (bicyclic) bond motifs is 1. The molecule has 0 amide bonds. The van der Waals surface area contributed by atoms with Crippen LogP contribution in [0.1, 0.15) is 23.6 Å². The maximum absolute atomic E-state index is 4.87. The van der Waals surface area contributed by atoms with Crippen LogP contribution in [0.15, 0.2) is 60.8 Å². The summed E-state index contributed by atoms with van der Waals surface area (Å²) in [5, 5.41) is 11.2. The van der Waals surface area contributed by atoms with Gasteiger partial charge in [-0.05, 0) is 30.0 Å². The number of benzene rings is 2. The highest BCUT2D eigenvalue weighted by molar-refractivity contribution is 5.75. The Labute approximate surface area is 165 Å². The molecule has 4 rings (SSSR count). The summed E-state index contributed by atoms with van der Waals surface area (Å²) in [6, 6.07) is 19.1. The van der Waals surface area contributed by atoms with Gasteiger partial charge < -0.3 is 10.6 Å². The molecule has 5 heteroatoms. The second-order valence-electron chi connectivity index (χ2n) is 6.91. The second kappa shape index (κ2) is 7.72. The van der Waals surface area contributed by atoms with E-state index in [1.54, 1.807) is 0 Å². The van der Waals surface area contributed by atoms with Crippen molar-refractivity contribution in [1.82, 2.24) is 14.6 Å². The van der Waals surface area contributed by atoms with Crippen molar-refractivity contribution in [3.05, 3.63) is 77.5 Å². The zero-order valence-electron chi connectivity index (χ0n) is 16.5. The largest absolute Gasteiger partial charge is 0.384 e. The average Bonchev–Trinajstić information content (AvgIpc) is 3.16. The predicted molar refractivity (Wildman–Crippen MR) is 116 cm³/mol. The number of aryl methyl sites for hydroxylation is 2. The average molecular weight is 371 g/mol. The van der Waals surface area contributed by atoms with Crippen LogP contribution in [-0.2, 0) is 13.0 Å². The fourth-order valence-corrected chi connectivity index (χ4v) is 3.35. The first kappa shape index (κ1) is 18.0. The van der Waals surface area contributed by atoms with Crippen LogP contribution in [-0.4, -0.2) is 21.6 Å². The molecule has 2 aromatic carbocycles. The standard InChI is InChI=1S/C23H25N5/c1-4-17-9-11-18(12-10-17)14-25-22-13-20(19-8-6-5-7-16(19)2)27-23-21(24-3)15-26-28(22)23/h5-13,15,24-25H,4,14H2,1-3H3. The first-order valence-electron chi connectivity index (χ1n) is 9.64. The lowest BCUT2D eigenvalue weighted by molar-refractivity contribution is 0.926. The van der Waals surface area contributed by atoms with Gasteiger partial charge in [0, 0.05) is 25.2 Å². The van der Waals surface area contributed by atoms with Gasteiger partial charge in [0.25, 0.3) is 0 Å². The Balaban J connectivity index is 1.73. The molecule has 5 nitrogen and oxygen atoms in total. The van der Waals surface area contributed by atoms with Gasteiger partial charge in [-0.15, -0.1) is 0 Å². The number of anilines is 2. The molecule has 142 valence electrons. The lowest BCUT2D eigenvalue weighted by Crippen LogP contribution is -2.07. The predicted octanol–water partition coefficient (Wildman–Crippen LogP) is 4.92.